The van der Waals surface area contributed by atoms with Gasteiger partial charge in [0.05, 0.1) is 13.0 Å². The molecule has 0 bridgehead atoms. The van der Waals surface area contributed by atoms with Crippen LogP contribution in [0.2, 0.25) is 0 Å². The Balaban J connectivity index is 1.64. The minimum atomic E-state index is -0.141. The highest BCUT2D eigenvalue weighted by Gasteiger charge is 2.36. The summed E-state index contributed by atoms with van der Waals surface area (Å²) in [5.41, 5.74) is 0.910. The normalized spacial score (nSPS) is 20.6. The van der Waals surface area contributed by atoms with Gasteiger partial charge in [0.1, 0.15) is 11.3 Å². The molecule has 0 aliphatic carbocycles. The number of carbonyl (C=O) groups excluding carboxylic acids is 1. The van der Waals surface area contributed by atoms with Gasteiger partial charge in [0.25, 0.3) is 0 Å². The molecule has 3 rings (SSSR count). The van der Waals surface area contributed by atoms with E-state index in [1.54, 1.807) is 0 Å². The van der Waals surface area contributed by atoms with E-state index in [0.29, 0.717) is 13.1 Å². The van der Waals surface area contributed by atoms with Crippen LogP contribution in [0.15, 0.2) is 39.7 Å². The van der Waals surface area contributed by atoms with Crippen molar-refractivity contribution < 1.29 is 13.9 Å². The maximum atomic E-state index is 11.9. The molecule has 2 unspecified atom stereocenters. The van der Waals surface area contributed by atoms with E-state index >= 15 is 0 Å². The fourth-order valence-corrected chi connectivity index (χ4v) is 3.46. The average Bonchev–Trinajstić information content (AvgIpc) is 3.23. The van der Waals surface area contributed by atoms with Gasteiger partial charge in [0.2, 0.25) is 0 Å². The largest absolute Gasteiger partial charge is 0.469 e. The lowest BCUT2D eigenvalue weighted by Crippen LogP contribution is -2.40. The van der Waals surface area contributed by atoms with Crippen molar-refractivity contribution >= 4 is 22.9 Å². The number of benzene rings is 1. The third-order valence-corrected chi connectivity index (χ3v) is 4.85. The summed E-state index contributed by atoms with van der Waals surface area (Å²) >= 11 is 0. The molecule has 0 spiro atoms. The first kappa shape index (κ1) is 18.3. The van der Waals surface area contributed by atoms with Gasteiger partial charge in [0.15, 0.2) is 5.96 Å². The number of carbonyl (C=O) groups is 1. The Morgan fingerprint density at radius 1 is 1.38 bits per heavy atom. The van der Waals surface area contributed by atoms with Gasteiger partial charge in [-0.25, -0.2) is 0 Å². The zero-order valence-electron chi connectivity index (χ0n) is 15.7. The van der Waals surface area contributed by atoms with Crippen LogP contribution < -0.4 is 5.32 Å². The highest BCUT2D eigenvalue weighted by molar-refractivity contribution is 5.82. The smallest absolute Gasteiger partial charge is 0.310 e. The van der Waals surface area contributed by atoms with Gasteiger partial charge in [-0.1, -0.05) is 25.1 Å². The number of aliphatic imine (C=N–C) groups is 1. The van der Waals surface area contributed by atoms with E-state index in [1.807, 2.05) is 31.2 Å². The number of rotatable bonds is 5. The number of nitrogens with one attached hydrogen (secondary N) is 1. The van der Waals surface area contributed by atoms with Crippen molar-refractivity contribution in [2.45, 2.75) is 20.3 Å². The number of guanidine groups is 1. The number of esters is 1. The van der Waals surface area contributed by atoms with Gasteiger partial charge in [-0.2, -0.15) is 0 Å². The topological polar surface area (TPSA) is 67.1 Å². The fourth-order valence-electron chi connectivity index (χ4n) is 3.46. The highest BCUT2D eigenvalue weighted by Crippen LogP contribution is 2.24. The average molecular weight is 357 g/mol. The van der Waals surface area contributed by atoms with Gasteiger partial charge in [-0.15, -0.1) is 0 Å². The molecule has 2 atom stereocenters. The zero-order valence-corrected chi connectivity index (χ0v) is 15.7. The van der Waals surface area contributed by atoms with E-state index in [-0.39, 0.29) is 17.8 Å². The van der Waals surface area contributed by atoms with Gasteiger partial charge < -0.3 is 19.4 Å². The van der Waals surface area contributed by atoms with Gasteiger partial charge >= 0.3 is 5.97 Å². The molecule has 6 heteroatoms. The first-order chi connectivity index (χ1) is 12.6. The lowest BCUT2D eigenvalue weighted by atomic mass is 9.99. The summed E-state index contributed by atoms with van der Waals surface area (Å²) in [6, 6.07) is 10.1. The Hall–Kier alpha value is -2.50. The first-order valence-electron chi connectivity index (χ1n) is 9.21. The first-order valence-corrected chi connectivity index (χ1v) is 9.21. The lowest BCUT2D eigenvalue weighted by molar-refractivity contribution is -0.145. The molecule has 0 radical (unpaired) electrons. The number of furan rings is 1. The Labute approximate surface area is 154 Å². The number of ether oxygens (including phenoxy) is 1. The van der Waals surface area contributed by atoms with Crippen LogP contribution in [-0.2, 0) is 16.0 Å². The second-order valence-electron chi connectivity index (χ2n) is 6.75. The molecular weight excluding hydrogens is 330 g/mol. The van der Waals surface area contributed by atoms with E-state index in [1.165, 1.54) is 7.11 Å². The van der Waals surface area contributed by atoms with E-state index in [4.69, 9.17) is 14.1 Å². The monoisotopic (exact) mass is 357 g/mol. The SMILES string of the molecule is CCNC(=NCCc1cc2ccccc2o1)N1CC(C)C(C(=O)OC)C1. The lowest BCUT2D eigenvalue weighted by Gasteiger charge is -2.21. The molecular formula is C20H27N3O3. The van der Waals surface area contributed by atoms with Gasteiger partial charge in [0, 0.05) is 38.0 Å². The van der Waals surface area contributed by atoms with Crippen molar-refractivity contribution in [3.05, 3.63) is 36.1 Å². The second-order valence-corrected chi connectivity index (χ2v) is 6.75. The summed E-state index contributed by atoms with van der Waals surface area (Å²) in [6.45, 7) is 7.00. The molecule has 6 nitrogen and oxygen atoms in total. The van der Waals surface area contributed by atoms with Gasteiger partial charge in [-0.05, 0) is 25.0 Å². The molecule has 0 saturated carbocycles. The van der Waals surface area contributed by atoms with Crippen LogP contribution in [0.5, 0.6) is 0 Å². The predicted octanol–water partition coefficient (Wildman–Crippen LogP) is 2.68. The van der Waals surface area contributed by atoms with Crippen LogP contribution >= 0.6 is 0 Å². The van der Waals surface area contributed by atoms with Crippen LogP contribution in [0.25, 0.3) is 11.0 Å². The third-order valence-electron chi connectivity index (χ3n) is 4.85. The molecule has 1 fully saturated rings. The van der Waals surface area contributed by atoms with Crippen LogP contribution in [0.1, 0.15) is 19.6 Å². The highest BCUT2D eigenvalue weighted by atomic mass is 16.5. The van der Waals surface area contributed by atoms with Crippen LogP contribution in [0, 0.1) is 11.8 Å². The quantitative estimate of drug-likeness (QED) is 0.506. The van der Waals surface area contributed by atoms with Gasteiger partial charge in [-0.3, -0.25) is 9.79 Å². The van der Waals surface area contributed by atoms with Crippen LogP contribution in [-0.4, -0.2) is 50.1 Å². The number of hydrogen-bond acceptors (Lipinski definition) is 4. The summed E-state index contributed by atoms with van der Waals surface area (Å²) in [6.07, 6.45) is 0.743. The number of nitrogens with zero attached hydrogens (tertiary/aromatic N) is 2. The van der Waals surface area contributed by atoms with Crippen LogP contribution in [0.4, 0.5) is 0 Å². The maximum Gasteiger partial charge on any atom is 0.310 e. The third kappa shape index (κ3) is 4.00. The van der Waals surface area contributed by atoms with Crippen molar-refractivity contribution in [3.63, 3.8) is 0 Å². The van der Waals surface area contributed by atoms with E-state index in [9.17, 15) is 4.79 Å². The van der Waals surface area contributed by atoms with E-state index < -0.39 is 0 Å². The molecule has 140 valence electrons. The number of likely N-dealkylation sites (tertiary alicyclic amines) is 1. The fraction of sp³-hybridized carbons (Fsp3) is 0.500. The maximum absolute atomic E-state index is 11.9. The molecule has 0 amide bonds. The molecule has 1 N–H and O–H groups in total. The summed E-state index contributed by atoms with van der Waals surface area (Å²) in [5.74, 6) is 1.80. The zero-order chi connectivity index (χ0) is 18.5. The summed E-state index contributed by atoms with van der Waals surface area (Å²) in [5, 5.41) is 4.45. The van der Waals surface area contributed by atoms with Crippen LogP contribution in [0.3, 0.4) is 0 Å². The van der Waals surface area contributed by atoms with Crippen molar-refractivity contribution in [1.29, 1.82) is 0 Å². The van der Waals surface area contributed by atoms with Crippen molar-refractivity contribution in [3.8, 4) is 0 Å². The summed E-state index contributed by atoms with van der Waals surface area (Å²) in [4.78, 5) is 18.8. The van der Waals surface area contributed by atoms with Crippen molar-refractivity contribution in [1.82, 2.24) is 10.2 Å². The molecule has 1 aromatic heterocycles. The number of hydrogen-bond donors (Lipinski definition) is 1. The predicted molar refractivity (Wildman–Crippen MR) is 102 cm³/mol. The Morgan fingerprint density at radius 3 is 2.92 bits per heavy atom. The Bertz CT molecular complexity index is 750. The summed E-state index contributed by atoms with van der Waals surface area (Å²) < 4.78 is 10.8. The molecule has 2 heterocycles. The minimum absolute atomic E-state index is 0.0979. The second kappa shape index (κ2) is 8.25. The molecule has 1 aromatic carbocycles. The number of para-hydroxylation sites is 1. The summed E-state index contributed by atoms with van der Waals surface area (Å²) in [7, 11) is 1.45. The molecule has 1 saturated heterocycles. The molecule has 1 aliphatic rings. The van der Waals surface area contributed by atoms with Crippen molar-refractivity contribution in [2.24, 2.45) is 16.8 Å². The minimum Gasteiger partial charge on any atom is -0.469 e. The molecule has 2 aromatic rings. The number of fused-ring (bicyclic) bond motifs is 1. The standard InChI is InChI=1S/C20H27N3O3/c1-4-21-20(23-12-14(2)17(13-23)19(24)25-3)22-10-9-16-11-15-7-5-6-8-18(15)26-16/h5-8,11,14,17H,4,9-10,12-13H2,1-3H3,(H,21,22). The Morgan fingerprint density at radius 2 is 2.19 bits per heavy atom. The number of methoxy groups -OCH3 is 1. The van der Waals surface area contributed by atoms with Crippen molar-refractivity contribution in [2.75, 3.05) is 33.3 Å². The molecule has 1 aliphatic heterocycles. The Kier molecular flexibility index (Phi) is 5.81. The molecule has 26 heavy (non-hydrogen) atoms. The van der Waals surface area contributed by atoms with E-state index in [0.717, 1.165) is 42.2 Å². The van der Waals surface area contributed by atoms with E-state index in [2.05, 4.69) is 23.2 Å².